The molecule has 25 heavy (non-hydrogen) atoms. The molecule has 1 heterocycles. The molecule has 0 bridgehead atoms. The van der Waals surface area contributed by atoms with Gasteiger partial charge in [-0.1, -0.05) is 28.1 Å². The van der Waals surface area contributed by atoms with Gasteiger partial charge in [-0.05, 0) is 36.6 Å². The molecule has 1 aromatic heterocycles. The van der Waals surface area contributed by atoms with Crippen LogP contribution in [-0.2, 0) is 6.42 Å². The van der Waals surface area contributed by atoms with Crippen molar-refractivity contribution in [2.45, 2.75) is 13.3 Å². The molecule has 3 N–H and O–H groups in total. The average molecular weight is 423 g/mol. The molecule has 0 spiro atoms. The number of hydrogen-bond donors (Lipinski definition) is 3. The summed E-state index contributed by atoms with van der Waals surface area (Å²) in [4.78, 5) is 18.0. The number of nitrogens with one attached hydrogen (secondary N) is 3. The molecule has 0 aliphatic rings. The van der Waals surface area contributed by atoms with Gasteiger partial charge in [0.25, 0.3) is 5.91 Å². The van der Waals surface area contributed by atoms with E-state index in [0.29, 0.717) is 18.7 Å². The minimum atomic E-state index is -0.0808. The summed E-state index contributed by atoms with van der Waals surface area (Å²) in [5.74, 6) is 0.693. The number of hydrogen-bond acceptors (Lipinski definition) is 3. The molecule has 2 rings (SSSR count). The summed E-state index contributed by atoms with van der Waals surface area (Å²) in [5, 5.41) is 11.4. The molecule has 5 nitrogen and oxygen atoms in total. The predicted octanol–water partition coefficient (Wildman–Crippen LogP) is 3.04. The third-order valence-corrected chi connectivity index (χ3v) is 4.77. The fourth-order valence-electron chi connectivity index (χ4n) is 2.16. The van der Waals surface area contributed by atoms with Crippen molar-refractivity contribution in [2.24, 2.45) is 4.99 Å². The molecule has 0 unspecified atom stereocenters. The number of carbonyl (C=O) groups excluding carboxylic acids is 1. The standard InChI is InChI=1S/C18H23BrN4OS/c1-2-20-18(22-9-8-16-7-4-12-25-16)23-11-10-21-17(24)14-5-3-6-15(19)13-14/h3-7,12-13H,2,8-11H2,1H3,(H,21,24)(H2,20,22,23). The summed E-state index contributed by atoms with van der Waals surface area (Å²) in [7, 11) is 0. The number of benzene rings is 1. The van der Waals surface area contributed by atoms with E-state index in [9.17, 15) is 4.79 Å². The van der Waals surface area contributed by atoms with E-state index in [1.54, 1.807) is 23.5 Å². The number of amides is 1. The Hall–Kier alpha value is -1.86. The average Bonchev–Trinajstić information content (AvgIpc) is 3.12. The minimum Gasteiger partial charge on any atom is -0.357 e. The number of halogens is 1. The van der Waals surface area contributed by atoms with Gasteiger partial charge in [0.05, 0.1) is 0 Å². The molecule has 0 saturated carbocycles. The molecule has 0 fully saturated rings. The monoisotopic (exact) mass is 422 g/mol. The molecular formula is C18H23BrN4OS. The van der Waals surface area contributed by atoms with Crippen molar-refractivity contribution in [2.75, 3.05) is 26.2 Å². The highest BCUT2D eigenvalue weighted by molar-refractivity contribution is 9.10. The molecule has 7 heteroatoms. The van der Waals surface area contributed by atoms with E-state index in [2.05, 4.69) is 54.4 Å². The van der Waals surface area contributed by atoms with Crippen LogP contribution < -0.4 is 16.0 Å². The number of carbonyl (C=O) groups is 1. The van der Waals surface area contributed by atoms with Crippen molar-refractivity contribution in [3.63, 3.8) is 0 Å². The summed E-state index contributed by atoms with van der Waals surface area (Å²) in [6, 6.07) is 11.5. The Morgan fingerprint density at radius 2 is 2.00 bits per heavy atom. The molecule has 0 saturated heterocycles. The number of thiophene rings is 1. The smallest absolute Gasteiger partial charge is 0.251 e. The summed E-state index contributed by atoms with van der Waals surface area (Å²) in [5.41, 5.74) is 0.644. The van der Waals surface area contributed by atoms with Crippen molar-refractivity contribution < 1.29 is 4.79 Å². The number of rotatable bonds is 8. The van der Waals surface area contributed by atoms with Crippen molar-refractivity contribution in [1.82, 2.24) is 16.0 Å². The first-order valence-corrected chi connectivity index (χ1v) is 9.94. The zero-order chi connectivity index (χ0) is 17.9. The lowest BCUT2D eigenvalue weighted by atomic mass is 10.2. The van der Waals surface area contributed by atoms with E-state index in [1.807, 2.05) is 19.1 Å². The molecule has 2 aromatic rings. The molecule has 0 atom stereocenters. The first-order valence-electron chi connectivity index (χ1n) is 8.27. The van der Waals surface area contributed by atoms with Gasteiger partial charge in [0, 0.05) is 47.5 Å². The predicted molar refractivity (Wildman–Crippen MR) is 108 cm³/mol. The SMILES string of the molecule is CCNC(=NCCc1cccs1)NCCNC(=O)c1cccc(Br)c1. The van der Waals surface area contributed by atoms with E-state index in [4.69, 9.17) is 0 Å². The molecule has 0 aliphatic carbocycles. The molecule has 1 aromatic carbocycles. The maximum Gasteiger partial charge on any atom is 0.251 e. The van der Waals surface area contributed by atoms with Gasteiger partial charge in [-0.15, -0.1) is 11.3 Å². The number of nitrogens with zero attached hydrogens (tertiary/aromatic N) is 1. The van der Waals surface area contributed by atoms with Gasteiger partial charge in [0.15, 0.2) is 5.96 Å². The highest BCUT2D eigenvalue weighted by atomic mass is 79.9. The molecule has 0 radical (unpaired) electrons. The second-order valence-corrected chi connectivity index (χ2v) is 7.23. The summed E-state index contributed by atoms with van der Waals surface area (Å²) < 4.78 is 0.894. The van der Waals surface area contributed by atoms with E-state index >= 15 is 0 Å². The lowest BCUT2D eigenvalue weighted by Gasteiger charge is -2.12. The summed E-state index contributed by atoms with van der Waals surface area (Å²) >= 11 is 5.12. The van der Waals surface area contributed by atoms with Crippen LogP contribution in [0.2, 0.25) is 0 Å². The van der Waals surface area contributed by atoms with Crippen molar-refractivity contribution in [3.05, 3.63) is 56.7 Å². The van der Waals surface area contributed by atoms with Gasteiger partial charge in [0.2, 0.25) is 0 Å². The first-order chi connectivity index (χ1) is 12.2. The maximum atomic E-state index is 12.1. The lowest BCUT2D eigenvalue weighted by molar-refractivity contribution is 0.0954. The van der Waals surface area contributed by atoms with Gasteiger partial charge in [-0.25, -0.2) is 0 Å². The van der Waals surface area contributed by atoms with Gasteiger partial charge >= 0.3 is 0 Å². The Morgan fingerprint density at radius 3 is 2.72 bits per heavy atom. The van der Waals surface area contributed by atoms with Crippen LogP contribution in [0.15, 0.2) is 51.2 Å². The molecule has 1 amide bonds. The van der Waals surface area contributed by atoms with E-state index in [1.165, 1.54) is 4.88 Å². The highest BCUT2D eigenvalue weighted by Gasteiger charge is 2.05. The van der Waals surface area contributed by atoms with Gasteiger partial charge in [-0.3, -0.25) is 9.79 Å². The van der Waals surface area contributed by atoms with Crippen molar-refractivity contribution in [3.8, 4) is 0 Å². The van der Waals surface area contributed by atoms with Crippen molar-refractivity contribution >= 4 is 39.1 Å². The molecular weight excluding hydrogens is 400 g/mol. The van der Waals surface area contributed by atoms with Crippen LogP contribution in [0.25, 0.3) is 0 Å². The zero-order valence-electron chi connectivity index (χ0n) is 14.2. The lowest BCUT2D eigenvalue weighted by Crippen LogP contribution is -2.41. The molecule has 0 aliphatic heterocycles. The normalized spacial score (nSPS) is 11.2. The first kappa shape index (κ1) is 19.5. The zero-order valence-corrected chi connectivity index (χ0v) is 16.6. The summed E-state index contributed by atoms with van der Waals surface area (Å²) in [6.45, 7) is 4.71. The second-order valence-electron chi connectivity index (χ2n) is 5.28. The Labute approximate surface area is 161 Å². The quantitative estimate of drug-likeness (QED) is 0.348. The van der Waals surface area contributed by atoms with Crippen molar-refractivity contribution in [1.29, 1.82) is 0 Å². The van der Waals surface area contributed by atoms with Crippen LogP contribution in [-0.4, -0.2) is 38.0 Å². The highest BCUT2D eigenvalue weighted by Crippen LogP contribution is 2.11. The topological polar surface area (TPSA) is 65.5 Å². The van der Waals surface area contributed by atoms with Crippen LogP contribution >= 0.6 is 27.3 Å². The minimum absolute atomic E-state index is 0.0808. The van der Waals surface area contributed by atoms with Crippen LogP contribution in [0.5, 0.6) is 0 Å². The third-order valence-electron chi connectivity index (χ3n) is 3.34. The van der Waals surface area contributed by atoms with E-state index < -0.39 is 0 Å². The Kier molecular flexibility index (Phi) is 8.48. The van der Waals surface area contributed by atoms with Gasteiger partial charge in [-0.2, -0.15) is 0 Å². The van der Waals surface area contributed by atoms with Gasteiger partial charge in [0.1, 0.15) is 0 Å². The van der Waals surface area contributed by atoms with Crippen LogP contribution in [0, 0.1) is 0 Å². The third kappa shape index (κ3) is 7.27. The van der Waals surface area contributed by atoms with Crippen LogP contribution in [0.1, 0.15) is 22.2 Å². The Morgan fingerprint density at radius 1 is 1.16 bits per heavy atom. The Bertz CT molecular complexity index is 688. The number of guanidine groups is 1. The van der Waals surface area contributed by atoms with E-state index in [0.717, 1.165) is 29.9 Å². The fraction of sp³-hybridized carbons (Fsp3) is 0.333. The summed E-state index contributed by atoms with van der Waals surface area (Å²) in [6.07, 6.45) is 0.938. The Balaban J connectivity index is 1.72. The van der Waals surface area contributed by atoms with Gasteiger partial charge < -0.3 is 16.0 Å². The van der Waals surface area contributed by atoms with E-state index in [-0.39, 0.29) is 5.91 Å². The largest absolute Gasteiger partial charge is 0.357 e. The van der Waals surface area contributed by atoms with Crippen LogP contribution in [0.3, 0.4) is 0 Å². The maximum absolute atomic E-state index is 12.1. The fourth-order valence-corrected chi connectivity index (χ4v) is 3.26. The molecule has 134 valence electrons. The van der Waals surface area contributed by atoms with Crippen LogP contribution in [0.4, 0.5) is 0 Å². The number of aliphatic imine (C=N–C) groups is 1. The second kappa shape index (κ2) is 10.9.